The second-order valence-corrected chi connectivity index (χ2v) is 7.83. The molecule has 140 valence electrons. The number of benzene rings is 2. The van der Waals surface area contributed by atoms with Crippen LogP contribution in [0.15, 0.2) is 53.4 Å². The largest absolute Gasteiger partial charge is 0.434 e. The van der Waals surface area contributed by atoms with Crippen LogP contribution in [0.2, 0.25) is 5.02 Å². The van der Waals surface area contributed by atoms with Crippen molar-refractivity contribution in [1.29, 1.82) is 0 Å². The Morgan fingerprint density at radius 1 is 1.12 bits per heavy atom. The first-order valence-electron chi connectivity index (χ1n) is 7.55. The Labute approximate surface area is 154 Å². The summed E-state index contributed by atoms with van der Waals surface area (Å²) in [7, 11) is -3.62. The van der Waals surface area contributed by atoms with E-state index in [9.17, 15) is 22.0 Å². The first kappa shape index (κ1) is 20.1. The number of nitrogens with one attached hydrogen (secondary N) is 1. The Balaban J connectivity index is 1.91. The highest BCUT2D eigenvalue weighted by atomic mass is 35.5. The zero-order valence-corrected chi connectivity index (χ0v) is 15.1. The van der Waals surface area contributed by atoms with Gasteiger partial charge in [-0.25, -0.2) is 8.42 Å². The van der Waals surface area contributed by atoms with Crippen molar-refractivity contribution < 1.29 is 26.7 Å². The lowest BCUT2D eigenvalue weighted by Gasteiger charge is -2.11. The number of carbonyl (C=O) groups is 1. The fraction of sp³-hybridized carbons (Fsp3) is 0.235. The molecule has 0 spiro atoms. The van der Waals surface area contributed by atoms with E-state index in [2.05, 4.69) is 10.1 Å². The number of rotatable bonds is 8. The van der Waals surface area contributed by atoms with Gasteiger partial charge in [0.1, 0.15) is 5.75 Å². The van der Waals surface area contributed by atoms with Crippen LogP contribution in [0.3, 0.4) is 0 Å². The van der Waals surface area contributed by atoms with E-state index in [1.165, 1.54) is 42.5 Å². The number of halogens is 3. The molecule has 0 heterocycles. The number of para-hydroxylation sites is 1. The third kappa shape index (κ3) is 5.96. The van der Waals surface area contributed by atoms with Crippen molar-refractivity contribution >= 4 is 27.3 Å². The van der Waals surface area contributed by atoms with Crippen molar-refractivity contribution in [2.75, 3.05) is 5.75 Å². The Kier molecular flexibility index (Phi) is 6.93. The molecule has 0 bridgehead atoms. The van der Waals surface area contributed by atoms with E-state index in [1.54, 1.807) is 6.07 Å². The number of amides is 1. The van der Waals surface area contributed by atoms with Crippen molar-refractivity contribution in [2.24, 2.45) is 0 Å². The van der Waals surface area contributed by atoms with Gasteiger partial charge in [0.2, 0.25) is 5.91 Å². The summed E-state index contributed by atoms with van der Waals surface area (Å²) in [6.45, 7) is -3.03. The molecule has 0 aliphatic carbocycles. The second kappa shape index (κ2) is 8.95. The molecule has 0 aromatic heterocycles. The highest BCUT2D eigenvalue weighted by molar-refractivity contribution is 7.91. The Morgan fingerprint density at radius 3 is 2.42 bits per heavy atom. The summed E-state index contributed by atoms with van der Waals surface area (Å²) in [6.07, 6.45) is -0.261. The number of sulfone groups is 1. The lowest BCUT2D eigenvalue weighted by atomic mass is 10.2. The van der Waals surface area contributed by atoms with E-state index < -0.39 is 22.4 Å². The molecule has 0 saturated carbocycles. The predicted molar refractivity (Wildman–Crippen MR) is 93.0 cm³/mol. The molecular formula is C17H16ClF2NO4S. The van der Waals surface area contributed by atoms with E-state index in [0.717, 1.165) is 0 Å². The van der Waals surface area contributed by atoms with Crippen LogP contribution in [0.4, 0.5) is 8.78 Å². The third-order valence-corrected chi connectivity index (χ3v) is 5.42. The van der Waals surface area contributed by atoms with Crippen molar-refractivity contribution in [3.8, 4) is 5.75 Å². The molecule has 2 aromatic carbocycles. The molecule has 0 aliphatic heterocycles. The van der Waals surface area contributed by atoms with Crippen molar-refractivity contribution in [1.82, 2.24) is 5.32 Å². The SMILES string of the molecule is O=C(CCS(=O)(=O)c1ccc(Cl)cc1)NCc1ccccc1OC(F)F. The molecule has 0 aliphatic rings. The van der Waals surface area contributed by atoms with Gasteiger partial charge in [-0.1, -0.05) is 29.8 Å². The van der Waals surface area contributed by atoms with Gasteiger partial charge in [0.05, 0.1) is 10.6 Å². The first-order chi connectivity index (χ1) is 12.3. The molecule has 0 radical (unpaired) electrons. The van der Waals surface area contributed by atoms with Crippen LogP contribution < -0.4 is 10.1 Å². The zero-order valence-electron chi connectivity index (χ0n) is 13.5. The number of hydrogen-bond acceptors (Lipinski definition) is 4. The number of hydrogen-bond donors (Lipinski definition) is 1. The smallest absolute Gasteiger partial charge is 0.387 e. The summed E-state index contributed by atoms with van der Waals surface area (Å²) < 4.78 is 53.4. The minimum atomic E-state index is -3.62. The van der Waals surface area contributed by atoms with Gasteiger partial charge >= 0.3 is 6.61 Å². The van der Waals surface area contributed by atoms with Crippen molar-refractivity contribution in [2.45, 2.75) is 24.5 Å². The van der Waals surface area contributed by atoms with Crippen LogP contribution in [-0.2, 0) is 21.2 Å². The minimum Gasteiger partial charge on any atom is -0.434 e. The third-order valence-electron chi connectivity index (χ3n) is 3.44. The molecule has 0 saturated heterocycles. The maximum atomic E-state index is 12.4. The van der Waals surface area contributed by atoms with Crippen LogP contribution in [0.25, 0.3) is 0 Å². The number of alkyl halides is 2. The van der Waals surface area contributed by atoms with Gasteiger partial charge in [0.25, 0.3) is 0 Å². The van der Waals surface area contributed by atoms with Gasteiger partial charge < -0.3 is 10.1 Å². The van der Waals surface area contributed by atoms with Crippen LogP contribution in [-0.4, -0.2) is 26.7 Å². The summed E-state index contributed by atoms with van der Waals surface area (Å²) >= 11 is 5.72. The average Bonchev–Trinajstić information content (AvgIpc) is 2.59. The van der Waals surface area contributed by atoms with Crippen molar-refractivity contribution in [3.63, 3.8) is 0 Å². The molecule has 5 nitrogen and oxygen atoms in total. The van der Waals surface area contributed by atoms with E-state index in [4.69, 9.17) is 11.6 Å². The zero-order chi connectivity index (χ0) is 19.2. The highest BCUT2D eigenvalue weighted by Gasteiger charge is 2.17. The number of carbonyl (C=O) groups excluding carboxylic acids is 1. The summed E-state index contributed by atoms with van der Waals surface area (Å²) in [5, 5.41) is 2.91. The summed E-state index contributed by atoms with van der Waals surface area (Å²) in [4.78, 5) is 12.0. The predicted octanol–water partition coefficient (Wildman–Crippen LogP) is 3.42. The van der Waals surface area contributed by atoms with E-state index in [0.29, 0.717) is 10.6 Å². The molecule has 9 heteroatoms. The monoisotopic (exact) mass is 403 g/mol. The van der Waals surface area contributed by atoms with Crippen LogP contribution >= 0.6 is 11.6 Å². The molecule has 2 rings (SSSR count). The molecule has 0 fully saturated rings. The fourth-order valence-electron chi connectivity index (χ4n) is 2.13. The molecule has 2 aromatic rings. The molecule has 26 heavy (non-hydrogen) atoms. The summed E-state index contributed by atoms with van der Waals surface area (Å²) in [5.41, 5.74) is 0.363. The lowest BCUT2D eigenvalue weighted by molar-refractivity contribution is -0.120. The van der Waals surface area contributed by atoms with E-state index in [1.807, 2.05) is 0 Å². The topological polar surface area (TPSA) is 72.5 Å². The van der Waals surface area contributed by atoms with E-state index >= 15 is 0 Å². The minimum absolute atomic E-state index is 0.0448. The second-order valence-electron chi connectivity index (χ2n) is 5.29. The maximum absolute atomic E-state index is 12.4. The Hall–Kier alpha value is -2.19. The molecule has 1 N–H and O–H groups in total. The van der Waals surface area contributed by atoms with Gasteiger partial charge in [-0.15, -0.1) is 0 Å². The van der Waals surface area contributed by atoms with E-state index in [-0.39, 0.29) is 29.4 Å². The molecule has 1 amide bonds. The molecule has 0 unspecified atom stereocenters. The quantitative estimate of drug-likeness (QED) is 0.733. The van der Waals surface area contributed by atoms with Crippen LogP contribution in [0.1, 0.15) is 12.0 Å². The summed E-state index contributed by atoms with van der Waals surface area (Å²) in [5.74, 6) is -0.943. The van der Waals surface area contributed by atoms with Crippen LogP contribution in [0.5, 0.6) is 5.75 Å². The average molecular weight is 404 g/mol. The Bertz CT molecular complexity index is 857. The normalized spacial score (nSPS) is 11.4. The standard InChI is InChI=1S/C17H16ClF2NO4S/c18-13-5-7-14(8-6-13)26(23,24)10-9-16(22)21-11-12-3-1-2-4-15(12)25-17(19)20/h1-8,17H,9-11H2,(H,21,22). The molecular weight excluding hydrogens is 388 g/mol. The van der Waals surface area contributed by atoms with Gasteiger partial charge in [-0.3, -0.25) is 4.79 Å². The van der Waals surface area contributed by atoms with Gasteiger partial charge in [-0.2, -0.15) is 8.78 Å². The first-order valence-corrected chi connectivity index (χ1v) is 9.59. The lowest BCUT2D eigenvalue weighted by Crippen LogP contribution is -2.25. The van der Waals surface area contributed by atoms with Gasteiger partial charge in [0, 0.05) is 23.6 Å². The number of ether oxygens (including phenoxy) is 1. The van der Waals surface area contributed by atoms with Gasteiger partial charge in [0.15, 0.2) is 9.84 Å². The Morgan fingerprint density at radius 2 is 1.77 bits per heavy atom. The van der Waals surface area contributed by atoms with Crippen LogP contribution in [0, 0.1) is 0 Å². The van der Waals surface area contributed by atoms with Gasteiger partial charge in [-0.05, 0) is 30.3 Å². The highest BCUT2D eigenvalue weighted by Crippen LogP contribution is 2.20. The van der Waals surface area contributed by atoms with Crippen molar-refractivity contribution in [3.05, 3.63) is 59.1 Å². The summed E-state index contributed by atoms with van der Waals surface area (Å²) in [6, 6.07) is 11.7. The molecule has 0 atom stereocenters. The maximum Gasteiger partial charge on any atom is 0.387 e. The fourth-order valence-corrected chi connectivity index (χ4v) is 3.50.